The molecule has 13 heavy (non-hydrogen) atoms. The molecule has 0 atom stereocenters. The number of hydrogen-bond acceptors (Lipinski definition) is 2. The molecule has 0 amide bonds. The summed E-state index contributed by atoms with van der Waals surface area (Å²) in [5, 5.41) is 0. The van der Waals surface area contributed by atoms with Gasteiger partial charge in [-0.15, -0.1) is 0 Å². The highest BCUT2D eigenvalue weighted by molar-refractivity contribution is 5.24. The van der Waals surface area contributed by atoms with Gasteiger partial charge in [0.05, 0.1) is 7.11 Å². The third kappa shape index (κ3) is 1.82. The molecule has 0 aromatic carbocycles. The summed E-state index contributed by atoms with van der Waals surface area (Å²) in [5.74, 6) is 1.49. The first-order valence-corrected chi connectivity index (χ1v) is 4.90. The maximum atomic E-state index is 5.10. The monoisotopic (exact) mass is 177 g/mol. The number of pyridine rings is 1. The number of nitrogens with zero attached hydrogens (tertiary/aromatic N) is 1. The lowest BCUT2D eigenvalue weighted by Crippen LogP contribution is -1.94. The molecule has 1 aromatic rings. The molecule has 1 aliphatic rings. The van der Waals surface area contributed by atoms with E-state index < -0.39 is 0 Å². The molecule has 0 aliphatic heterocycles. The second-order valence-electron chi connectivity index (χ2n) is 3.61. The Balaban J connectivity index is 2.18. The highest BCUT2D eigenvalue weighted by Gasteiger charge is 2.17. The van der Waals surface area contributed by atoms with Crippen molar-refractivity contribution in [2.45, 2.75) is 31.6 Å². The minimum atomic E-state index is 0.740. The molecule has 2 heteroatoms. The van der Waals surface area contributed by atoms with Crippen molar-refractivity contribution in [2.75, 3.05) is 7.11 Å². The van der Waals surface area contributed by atoms with Crippen LogP contribution in [0, 0.1) is 0 Å². The van der Waals surface area contributed by atoms with Gasteiger partial charge < -0.3 is 4.74 Å². The molecule has 0 radical (unpaired) electrons. The van der Waals surface area contributed by atoms with E-state index in [1.165, 1.54) is 31.2 Å². The summed E-state index contributed by atoms with van der Waals surface area (Å²) in [6, 6.07) is 4.18. The highest BCUT2D eigenvalue weighted by atomic mass is 16.5. The molecule has 0 spiro atoms. The van der Waals surface area contributed by atoms with Crippen molar-refractivity contribution >= 4 is 0 Å². The highest BCUT2D eigenvalue weighted by Crippen LogP contribution is 2.34. The van der Waals surface area contributed by atoms with Crippen molar-refractivity contribution in [3.63, 3.8) is 0 Å². The molecule has 0 bridgehead atoms. The smallest absolute Gasteiger partial charge is 0.213 e. The number of rotatable bonds is 2. The van der Waals surface area contributed by atoms with Gasteiger partial charge in [0.25, 0.3) is 0 Å². The van der Waals surface area contributed by atoms with Gasteiger partial charge in [-0.05, 0) is 30.4 Å². The van der Waals surface area contributed by atoms with Crippen LogP contribution in [0.4, 0.5) is 0 Å². The summed E-state index contributed by atoms with van der Waals surface area (Å²) in [6.07, 6.45) is 7.23. The van der Waals surface area contributed by atoms with E-state index >= 15 is 0 Å². The third-order valence-corrected chi connectivity index (χ3v) is 2.79. The molecule has 2 nitrogen and oxygen atoms in total. The maximum Gasteiger partial charge on any atom is 0.213 e. The number of methoxy groups -OCH3 is 1. The first kappa shape index (κ1) is 8.54. The van der Waals surface area contributed by atoms with E-state index in [0.29, 0.717) is 0 Å². The lowest BCUT2D eigenvalue weighted by molar-refractivity contribution is 0.396. The molecule has 1 heterocycles. The average molecular weight is 177 g/mol. The van der Waals surface area contributed by atoms with Crippen molar-refractivity contribution < 1.29 is 4.74 Å². The van der Waals surface area contributed by atoms with E-state index in [1.54, 1.807) is 7.11 Å². The fraction of sp³-hybridized carbons (Fsp3) is 0.545. The lowest BCUT2D eigenvalue weighted by Gasteiger charge is -2.09. The molecular weight excluding hydrogens is 162 g/mol. The number of hydrogen-bond donors (Lipinski definition) is 0. The van der Waals surface area contributed by atoms with Crippen LogP contribution in [0.1, 0.15) is 37.2 Å². The minimum Gasteiger partial charge on any atom is -0.481 e. The van der Waals surface area contributed by atoms with E-state index in [9.17, 15) is 0 Å². The summed E-state index contributed by atoms with van der Waals surface area (Å²) < 4.78 is 5.10. The molecule has 2 rings (SSSR count). The summed E-state index contributed by atoms with van der Waals surface area (Å²) in [5.41, 5.74) is 1.39. The van der Waals surface area contributed by atoms with Crippen molar-refractivity contribution in [2.24, 2.45) is 0 Å². The summed E-state index contributed by atoms with van der Waals surface area (Å²) in [7, 11) is 1.67. The van der Waals surface area contributed by atoms with Gasteiger partial charge in [0.15, 0.2) is 0 Å². The molecule has 1 aromatic heterocycles. The van der Waals surface area contributed by atoms with E-state index in [2.05, 4.69) is 17.1 Å². The van der Waals surface area contributed by atoms with Gasteiger partial charge in [-0.3, -0.25) is 0 Å². The summed E-state index contributed by atoms with van der Waals surface area (Å²) in [6.45, 7) is 0. The molecule has 0 unspecified atom stereocenters. The fourth-order valence-corrected chi connectivity index (χ4v) is 2.05. The van der Waals surface area contributed by atoms with Gasteiger partial charge in [0, 0.05) is 12.3 Å². The second-order valence-corrected chi connectivity index (χ2v) is 3.61. The van der Waals surface area contributed by atoms with Crippen LogP contribution in [-0.2, 0) is 0 Å². The van der Waals surface area contributed by atoms with Crippen molar-refractivity contribution in [3.05, 3.63) is 23.9 Å². The minimum absolute atomic E-state index is 0.740. The van der Waals surface area contributed by atoms with E-state index in [-0.39, 0.29) is 0 Å². The van der Waals surface area contributed by atoms with Gasteiger partial charge in [0.2, 0.25) is 5.88 Å². The Morgan fingerprint density at radius 2 is 2.15 bits per heavy atom. The SMILES string of the molecule is COc1cc(C2CCCC2)ccn1. The molecular formula is C11H15NO. The Hall–Kier alpha value is -1.05. The zero-order valence-electron chi connectivity index (χ0n) is 7.99. The van der Waals surface area contributed by atoms with Crippen molar-refractivity contribution in [3.8, 4) is 5.88 Å². The molecule has 1 aliphatic carbocycles. The largest absolute Gasteiger partial charge is 0.481 e. The number of ether oxygens (including phenoxy) is 1. The Kier molecular flexibility index (Phi) is 2.48. The van der Waals surface area contributed by atoms with Crippen LogP contribution in [0.5, 0.6) is 5.88 Å². The zero-order valence-corrected chi connectivity index (χ0v) is 7.99. The van der Waals surface area contributed by atoms with Gasteiger partial charge in [0.1, 0.15) is 0 Å². The molecule has 70 valence electrons. The van der Waals surface area contributed by atoms with Crippen LogP contribution in [0.25, 0.3) is 0 Å². The molecule has 1 fully saturated rings. The normalized spacial score (nSPS) is 17.6. The first-order valence-electron chi connectivity index (χ1n) is 4.90. The Labute approximate surface area is 78.9 Å². The van der Waals surface area contributed by atoms with Crippen LogP contribution in [0.15, 0.2) is 18.3 Å². The van der Waals surface area contributed by atoms with E-state index in [4.69, 9.17) is 4.74 Å². The van der Waals surface area contributed by atoms with E-state index in [1.807, 2.05) is 6.20 Å². The molecule has 1 saturated carbocycles. The Bertz CT molecular complexity index is 279. The van der Waals surface area contributed by atoms with Crippen molar-refractivity contribution in [1.29, 1.82) is 0 Å². The third-order valence-electron chi connectivity index (χ3n) is 2.79. The fourth-order valence-electron chi connectivity index (χ4n) is 2.05. The number of aromatic nitrogens is 1. The van der Waals surface area contributed by atoms with Gasteiger partial charge in [-0.1, -0.05) is 12.8 Å². The van der Waals surface area contributed by atoms with Gasteiger partial charge in [-0.2, -0.15) is 0 Å². The van der Waals surface area contributed by atoms with Gasteiger partial charge in [-0.25, -0.2) is 4.98 Å². The van der Waals surface area contributed by atoms with E-state index in [0.717, 1.165) is 11.8 Å². The zero-order chi connectivity index (χ0) is 9.10. The van der Waals surface area contributed by atoms with Gasteiger partial charge >= 0.3 is 0 Å². The van der Waals surface area contributed by atoms with Crippen molar-refractivity contribution in [1.82, 2.24) is 4.98 Å². The quantitative estimate of drug-likeness (QED) is 0.693. The Morgan fingerprint density at radius 1 is 1.38 bits per heavy atom. The summed E-state index contributed by atoms with van der Waals surface area (Å²) >= 11 is 0. The predicted molar refractivity (Wildman–Crippen MR) is 52.0 cm³/mol. The Morgan fingerprint density at radius 3 is 2.85 bits per heavy atom. The maximum absolute atomic E-state index is 5.10. The van der Waals surface area contributed by atoms with Crippen LogP contribution in [0.2, 0.25) is 0 Å². The van der Waals surface area contributed by atoms with Crippen LogP contribution in [-0.4, -0.2) is 12.1 Å². The average Bonchev–Trinajstić information content (AvgIpc) is 2.71. The molecule has 0 saturated heterocycles. The second kappa shape index (κ2) is 3.77. The van der Waals surface area contributed by atoms with Crippen LogP contribution < -0.4 is 4.74 Å². The first-order chi connectivity index (χ1) is 6.40. The topological polar surface area (TPSA) is 22.1 Å². The standard InChI is InChI=1S/C11H15NO/c1-13-11-8-10(6-7-12-11)9-4-2-3-5-9/h6-9H,2-5H2,1H3. The predicted octanol–water partition coefficient (Wildman–Crippen LogP) is 2.75. The van der Waals surface area contributed by atoms with Crippen LogP contribution >= 0.6 is 0 Å². The lowest BCUT2D eigenvalue weighted by atomic mass is 9.99. The molecule has 0 N–H and O–H groups in total. The van der Waals surface area contributed by atoms with Crippen LogP contribution in [0.3, 0.4) is 0 Å². The summed E-state index contributed by atoms with van der Waals surface area (Å²) in [4.78, 5) is 4.11.